The van der Waals surface area contributed by atoms with E-state index in [1.807, 2.05) is 13.1 Å². The minimum atomic E-state index is -4.35. The lowest BCUT2D eigenvalue weighted by Gasteiger charge is -2.19. The molecule has 1 fully saturated rings. The number of halogens is 3. The number of nitrogens with zero attached hydrogens (tertiary/aromatic N) is 3. The van der Waals surface area contributed by atoms with Gasteiger partial charge in [-0.15, -0.1) is 0 Å². The Morgan fingerprint density at radius 3 is 2.54 bits per heavy atom. The van der Waals surface area contributed by atoms with Crippen molar-refractivity contribution in [1.82, 2.24) is 15.3 Å². The van der Waals surface area contributed by atoms with Gasteiger partial charge in [0.25, 0.3) is 0 Å². The molecule has 0 saturated carbocycles. The van der Waals surface area contributed by atoms with Crippen molar-refractivity contribution in [2.24, 2.45) is 0 Å². The molecule has 1 unspecified atom stereocenters. The van der Waals surface area contributed by atoms with Gasteiger partial charge in [0.1, 0.15) is 5.82 Å². The molecule has 0 aliphatic carbocycles. The highest BCUT2D eigenvalue weighted by Gasteiger charge is 2.30. The van der Waals surface area contributed by atoms with Crippen molar-refractivity contribution in [3.05, 3.63) is 41.6 Å². The second-order valence-electron chi connectivity index (χ2n) is 7.07. The van der Waals surface area contributed by atoms with Crippen LogP contribution in [0.15, 0.2) is 30.3 Å². The molecule has 2 heterocycles. The summed E-state index contributed by atoms with van der Waals surface area (Å²) in [6.07, 6.45) is -0.368. The fourth-order valence-corrected chi connectivity index (χ4v) is 3.26. The van der Waals surface area contributed by atoms with Crippen molar-refractivity contribution < 1.29 is 13.2 Å². The Balaban J connectivity index is 1.81. The van der Waals surface area contributed by atoms with Crippen LogP contribution < -0.4 is 15.5 Å². The highest BCUT2D eigenvalue weighted by molar-refractivity contribution is 5.56. The van der Waals surface area contributed by atoms with Gasteiger partial charge in [0.05, 0.1) is 5.56 Å². The molecular weight excluding hydrogens is 367 g/mol. The van der Waals surface area contributed by atoms with E-state index in [0.29, 0.717) is 17.7 Å². The standard InChI is InChI=1S/C20H26F3N5/c1-3-4-5-16-12-18(28-11-10-17(13-28)24-2)27-19(26-16)25-15-8-6-14(7-9-15)20(21,22)23/h6-9,12,17,24H,3-5,10-11,13H2,1-2H3,(H,25,26,27). The molecule has 1 aliphatic rings. The summed E-state index contributed by atoms with van der Waals surface area (Å²) in [7, 11) is 1.96. The smallest absolute Gasteiger partial charge is 0.355 e. The third-order valence-electron chi connectivity index (χ3n) is 4.94. The van der Waals surface area contributed by atoms with E-state index < -0.39 is 11.7 Å². The minimum absolute atomic E-state index is 0.413. The fraction of sp³-hybridized carbons (Fsp3) is 0.500. The van der Waals surface area contributed by atoms with Gasteiger partial charge in [0.15, 0.2) is 0 Å². The van der Waals surface area contributed by atoms with Crippen molar-refractivity contribution in [2.45, 2.75) is 44.8 Å². The van der Waals surface area contributed by atoms with Crippen LogP contribution in [0.2, 0.25) is 0 Å². The third kappa shape index (κ3) is 5.13. The van der Waals surface area contributed by atoms with Gasteiger partial charge in [0, 0.05) is 36.6 Å². The lowest BCUT2D eigenvalue weighted by molar-refractivity contribution is -0.137. The minimum Gasteiger partial charge on any atom is -0.355 e. The monoisotopic (exact) mass is 393 g/mol. The van der Waals surface area contributed by atoms with Gasteiger partial charge in [-0.05, 0) is 50.6 Å². The third-order valence-corrected chi connectivity index (χ3v) is 4.94. The van der Waals surface area contributed by atoms with Gasteiger partial charge in [0.2, 0.25) is 5.95 Å². The second-order valence-corrected chi connectivity index (χ2v) is 7.07. The van der Waals surface area contributed by atoms with Crippen LogP contribution in [0.3, 0.4) is 0 Å². The van der Waals surface area contributed by atoms with Gasteiger partial charge >= 0.3 is 6.18 Å². The number of nitrogens with one attached hydrogen (secondary N) is 2. The van der Waals surface area contributed by atoms with Crippen molar-refractivity contribution >= 4 is 17.5 Å². The Hall–Kier alpha value is -2.35. The van der Waals surface area contributed by atoms with Gasteiger partial charge in [-0.25, -0.2) is 4.98 Å². The van der Waals surface area contributed by atoms with Crippen LogP contribution in [0.4, 0.5) is 30.6 Å². The van der Waals surface area contributed by atoms with E-state index in [-0.39, 0.29) is 0 Å². The van der Waals surface area contributed by atoms with Crippen LogP contribution in [0.25, 0.3) is 0 Å². The second kappa shape index (κ2) is 8.77. The number of anilines is 3. The first-order valence-electron chi connectivity index (χ1n) is 9.63. The van der Waals surface area contributed by atoms with Crippen LogP contribution in [-0.4, -0.2) is 36.1 Å². The van der Waals surface area contributed by atoms with Crippen LogP contribution in [0.1, 0.15) is 37.4 Å². The quantitative estimate of drug-likeness (QED) is 0.731. The van der Waals surface area contributed by atoms with E-state index in [4.69, 9.17) is 0 Å². The normalized spacial score (nSPS) is 17.2. The number of hydrogen-bond donors (Lipinski definition) is 2. The molecule has 8 heteroatoms. The maximum absolute atomic E-state index is 12.7. The van der Waals surface area contributed by atoms with E-state index in [1.54, 1.807) is 0 Å². The summed E-state index contributed by atoms with van der Waals surface area (Å²) >= 11 is 0. The maximum atomic E-state index is 12.7. The fourth-order valence-electron chi connectivity index (χ4n) is 3.26. The molecule has 28 heavy (non-hydrogen) atoms. The Kier molecular flexibility index (Phi) is 6.39. The number of unbranched alkanes of at least 4 members (excludes halogenated alkanes) is 1. The van der Waals surface area contributed by atoms with E-state index >= 15 is 0 Å². The SMILES string of the molecule is CCCCc1cc(N2CCC(NC)C2)nc(Nc2ccc(C(F)(F)F)cc2)n1. The van der Waals surface area contributed by atoms with Crippen LogP contribution in [0.5, 0.6) is 0 Å². The Morgan fingerprint density at radius 1 is 1.18 bits per heavy atom. The van der Waals surface area contributed by atoms with Crippen molar-refractivity contribution in [3.8, 4) is 0 Å². The molecule has 3 rings (SSSR count). The zero-order valence-electron chi connectivity index (χ0n) is 16.2. The molecular formula is C20H26F3N5. The topological polar surface area (TPSA) is 53.1 Å². The van der Waals surface area contributed by atoms with Gasteiger partial charge < -0.3 is 15.5 Å². The number of aryl methyl sites for hydroxylation is 1. The molecule has 2 N–H and O–H groups in total. The number of likely N-dealkylation sites (N-methyl/N-ethyl adjacent to an activating group) is 1. The summed E-state index contributed by atoms with van der Waals surface area (Å²) in [4.78, 5) is 11.4. The molecule has 1 atom stereocenters. The summed E-state index contributed by atoms with van der Waals surface area (Å²) in [5, 5.41) is 6.35. The number of benzene rings is 1. The van der Waals surface area contributed by atoms with Gasteiger partial charge in [-0.2, -0.15) is 18.2 Å². The average Bonchev–Trinajstić information content (AvgIpc) is 3.15. The first kappa shape index (κ1) is 20.4. The lowest BCUT2D eigenvalue weighted by Crippen LogP contribution is -2.30. The van der Waals surface area contributed by atoms with Gasteiger partial charge in [-0.1, -0.05) is 13.3 Å². The van der Waals surface area contributed by atoms with Crippen molar-refractivity contribution in [3.63, 3.8) is 0 Å². The molecule has 1 aromatic heterocycles. The molecule has 5 nitrogen and oxygen atoms in total. The van der Waals surface area contributed by atoms with E-state index in [9.17, 15) is 13.2 Å². The van der Waals surface area contributed by atoms with Gasteiger partial charge in [-0.3, -0.25) is 0 Å². The number of aromatic nitrogens is 2. The Morgan fingerprint density at radius 2 is 1.93 bits per heavy atom. The largest absolute Gasteiger partial charge is 0.416 e. The number of hydrogen-bond acceptors (Lipinski definition) is 5. The predicted molar refractivity (Wildman–Crippen MR) is 105 cm³/mol. The molecule has 0 radical (unpaired) electrons. The first-order chi connectivity index (χ1) is 13.4. The molecule has 0 spiro atoms. The molecule has 1 saturated heterocycles. The van der Waals surface area contributed by atoms with E-state index in [0.717, 1.165) is 62.4 Å². The number of rotatable bonds is 7. The average molecular weight is 393 g/mol. The maximum Gasteiger partial charge on any atom is 0.416 e. The predicted octanol–water partition coefficient (Wildman–Crippen LogP) is 4.38. The molecule has 1 aliphatic heterocycles. The van der Waals surface area contributed by atoms with Crippen molar-refractivity contribution in [1.29, 1.82) is 0 Å². The molecule has 1 aromatic carbocycles. The highest BCUT2D eigenvalue weighted by atomic mass is 19.4. The summed E-state index contributed by atoms with van der Waals surface area (Å²) in [6, 6.07) is 7.37. The zero-order valence-corrected chi connectivity index (χ0v) is 16.2. The Bertz CT molecular complexity index is 776. The zero-order chi connectivity index (χ0) is 20.1. The Labute approximate surface area is 163 Å². The molecule has 0 bridgehead atoms. The van der Waals surface area contributed by atoms with E-state index in [2.05, 4.69) is 32.4 Å². The van der Waals surface area contributed by atoms with E-state index in [1.165, 1.54) is 12.1 Å². The number of alkyl halides is 3. The van der Waals surface area contributed by atoms with Crippen LogP contribution >= 0.6 is 0 Å². The van der Waals surface area contributed by atoms with Crippen LogP contribution in [-0.2, 0) is 12.6 Å². The molecule has 0 amide bonds. The summed E-state index contributed by atoms with van der Waals surface area (Å²) in [6.45, 7) is 3.91. The van der Waals surface area contributed by atoms with Crippen molar-refractivity contribution in [2.75, 3.05) is 30.4 Å². The summed E-state index contributed by atoms with van der Waals surface area (Å²) in [5.41, 5.74) is 0.793. The highest BCUT2D eigenvalue weighted by Crippen LogP contribution is 2.30. The molecule has 2 aromatic rings. The van der Waals surface area contributed by atoms with Crippen LogP contribution in [0, 0.1) is 0 Å². The lowest BCUT2D eigenvalue weighted by atomic mass is 10.2. The summed E-state index contributed by atoms with van der Waals surface area (Å²) in [5.74, 6) is 1.27. The summed E-state index contributed by atoms with van der Waals surface area (Å²) < 4.78 is 38.2. The first-order valence-corrected chi connectivity index (χ1v) is 9.63. The molecule has 152 valence electrons.